The maximum absolute atomic E-state index is 14.5. The Hall–Kier alpha value is -2.74. The van der Waals surface area contributed by atoms with E-state index in [1.807, 2.05) is 5.38 Å². The zero-order valence-corrected chi connectivity index (χ0v) is 16.0. The van der Waals surface area contributed by atoms with E-state index in [2.05, 4.69) is 5.32 Å². The molecule has 0 unspecified atom stereocenters. The van der Waals surface area contributed by atoms with Crippen molar-refractivity contribution in [3.05, 3.63) is 46.4 Å². The number of nitrogens with zero attached hydrogens (tertiary/aromatic N) is 2. The van der Waals surface area contributed by atoms with E-state index in [0.717, 1.165) is 6.42 Å². The van der Waals surface area contributed by atoms with Crippen LogP contribution in [0, 0.1) is 5.82 Å². The lowest BCUT2D eigenvalue weighted by molar-refractivity contribution is -0.119. The summed E-state index contributed by atoms with van der Waals surface area (Å²) in [7, 11) is 0. The molecule has 4 rings (SSSR count). The van der Waals surface area contributed by atoms with Crippen molar-refractivity contribution in [2.24, 2.45) is 0 Å². The number of halogens is 1. The Morgan fingerprint density at radius 1 is 1.18 bits per heavy atom. The summed E-state index contributed by atoms with van der Waals surface area (Å²) in [6, 6.07) is 7.29. The van der Waals surface area contributed by atoms with Crippen LogP contribution in [0.5, 0.6) is 0 Å². The van der Waals surface area contributed by atoms with Gasteiger partial charge in [0.1, 0.15) is 11.9 Å². The van der Waals surface area contributed by atoms with Gasteiger partial charge in [-0.25, -0.2) is 4.39 Å². The van der Waals surface area contributed by atoms with Gasteiger partial charge in [0.2, 0.25) is 11.8 Å². The second-order valence-electron chi connectivity index (χ2n) is 6.94. The molecule has 2 fully saturated rings. The smallest absolute Gasteiger partial charge is 0.264 e. The largest absolute Gasteiger partial charge is 0.326 e. The fourth-order valence-corrected chi connectivity index (χ4v) is 4.44. The summed E-state index contributed by atoms with van der Waals surface area (Å²) in [5, 5.41) is 4.54. The first-order chi connectivity index (χ1) is 13.5. The molecule has 1 N–H and O–H groups in total. The molecule has 2 aliphatic rings. The maximum atomic E-state index is 14.5. The van der Waals surface area contributed by atoms with E-state index in [-0.39, 0.29) is 23.4 Å². The third-order valence-corrected chi connectivity index (χ3v) is 5.99. The van der Waals surface area contributed by atoms with E-state index in [0.29, 0.717) is 42.9 Å². The van der Waals surface area contributed by atoms with E-state index in [1.54, 1.807) is 23.1 Å². The molecule has 2 aliphatic heterocycles. The van der Waals surface area contributed by atoms with Crippen molar-refractivity contribution in [3.8, 4) is 0 Å². The van der Waals surface area contributed by atoms with Gasteiger partial charge in [0.05, 0.1) is 10.6 Å². The van der Waals surface area contributed by atoms with Gasteiger partial charge in [-0.15, -0.1) is 11.3 Å². The fourth-order valence-electron chi connectivity index (χ4n) is 3.76. The predicted molar refractivity (Wildman–Crippen MR) is 105 cm³/mol. The first kappa shape index (κ1) is 18.6. The highest BCUT2D eigenvalue weighted by molar-refractivity contribution is 7.12. The Balaban J connectivity index is 1.46. The molecule has 8 heteroatoms. The first-order valence-corrected chi connectivity index (χ1v) is 10.2. The monoisotopic (exact) mass is 401 g/mol. The van der Waals surface area contributed by atoms with Gasteiger partial charge in [-0.05, 0) is 48.9 Å². The summed E-state index contributed by atoms with van der Waals surface area (Å²) >= 11 is 1.35. The molecule has 1 atom stereocenters. The SMILES string of the molecule is O=C(Nc1ccc(N2CCCC2=O)c(F)c1)[C@@H]1CCCN1C(=O)c1cccs1. The van der Waals surface area contributed by atoms with Crippen molar-refractivity contribution in [1.82, 2.24) is 4.90 Å². The van der Waals surface area contributed by atoms with Crippen molar-refractivity contribution in [1.29, 1.82) is 0 Å². The number of nitrogens with one attached hydrogen (secondary N) is 1. The predicted octanol–water partition coefficient (Wildman–Crippen LogP) is 3.26. The van der Waals surface area contributed by atoms with E-state index >= 15 is 0 Å². The highest BCUT2D eigenvalue weighted by Gasteiger charge is 2.35. The van der Waals surface area contributed by atoms with Gasteiger partial charge in [0.15, 0.2) is 0 Å². The van der Waals surface area contributed by atoms with Crippen molar-refractivity contribution < 1.29 is 18.8 Å². The van der Waals surface area contributed by atoms with Crippen molar-refractivity contribution in [2.45, 2.75) is 31.7 Å². The molecule has 0 radical (unpaired) electrons. The number of carbonyl (C=O) groups excluding carboxylic acids is 3. The average Bonchev–Trinajstić information content (AvgIpc) is 3.43. The topological polar surface area (TPSA) is 69.7 Å². The van der Waals surface area contributed by atoms with Crippen LogP contribution in [0.25, 0.3) is 0 Å². The molecule has 1 aromatic heterocycles. The number of amides is 3. The molecule has 0 saturated carbocycles. The van der Waals surface area contributed by atoms with Gasteiger partial charge < -0.3 is 15.1 Å². The molecule has 146 valence electrons. The molecule has 2 saturated heterocycles. The van der Waals surface area contributed by atoms with E-state index in [4.69, 9.17) is 0 Å². The maximum Gasteiger partial charge on any atom is 0.264 e. The van der Waals surface area contributed by atoms with Crippen molar-refractivity contribution in [2.75, 3.05) is 23.3 Å². The third-order valence-electron chi connectivity index (χ3n) is 5.13. The van der Waals surface area contributed by atoms with Crippen molar-refractivity contribution in [3.63, 3.8) is 0 Å². The van der Waals surface area contributed by atoms with Crippen LogP contribution >= 0.6 is 11.3 Å². The standard InChI is InChI=1S/C20H20FN3O3S/c21-14-12-13(7-8-15(14)23-9-2-6-18(23)25)22-19(26)16-4-1-10-24(16)20(27)17-5-3-11-28-17/h3,5,7-8,11-12,16H,1-2,4,6,9-10H2,(H,22,26)/t16-/m0/s1. The molecule has 28 heavy (non-hydrogen) atoms. The molecule has 3 amide bonds. The number of thiophene rings is 1. The molecule has 1 aromatic carbocycles. The van der Waals surface area contributed by atoms with E-state index in [1.165, 1.54) is 28.4 Å². The molecule has 0 spiro atoms. The number of likely N-dealkylation sites (tertiary alicyclic amines) is 1. The molecule has 2 aromatic rings. The van der Waals surface area contributed by atoms with Crippen LogP contribution in [0.3, 0.4) is 0 Å². The first-order valence-electron chi connectivity index (χ1n) is 9.30. The number of hydrogen-bond acceptors (Lipinski definition) is 4. The minimum atomic E-state index is -0.572. The van der Waals surface area contributed by atoms with E-state index in [9.17, 15) is 18.8 Å². The van der Waals surface area contributed by atoms with Gasteiger partial charge in [-0.3, -0.25) is 14.4 Å². The van der Waals surface area contributed by atoms with Gasteiger partial charge in [-0.2, -0.15) is 0 Å². The number of carbonyl (C=O) groups is 3. The quantitative estimate of drug-likeness (QED) is 0.855. The number of anilines is 2. The zero-order chi connectivity index (χ0) is 19.7. The highest BCUT2D eigenvalue weighted by Crippen LogP contribution is 2.28. The van der Waals surface area contributed by atoms with Gasteiger partial charge in [0, 0.05) is 25.2 Å². The van der Waals surface area contributed by atoms with Crippen LogP contribution < -0.4 is 10.2 Å². The minimum absolute atomic E-state index is 0.0932. The summed E-state index contributed by atoms with van der Waals surface area (Å²) in [5.41, 5.74) is 0.546. The Bertz CT molecular complexity index is 915. The fraction of sp³-hybridized carbons (Fsp3) is 0.350. The molecular weight excluding hydrogens is 381 g/mol. The summed E-state index contributed by atoms with van der Waals surface area (Å²) < 4.78 is 14.5. The van der Waals surface area contributed by atoms with E-state index < -0.39 is 11.9 Å². The highest BCUT2D eigenvalue weighted by atomic mass is 32.1. The molecular formula is C20H20FN3O3S. The third kappa shape index (κ3) is 3.52. The summed E-state index contributed by atoms with van der Waals surface area (Å²) in [5.74, 6) is -1.12. The Morgan fingerprint density at radius 2 is 2.04 bits per heavy atom. The van der Waals surface area contributed by atoms with Crippen LogP contribution in [-0.4, -0.2) is 41.8 Å². The lowest BCUT2D eigenvalue weighted by Gasteiger charge is -2.23. The number of hydrogen-bond donors (Lipinski definition) is 1. The summed E-state index contributed by atoms with van der Waals surface area (Å²) in [4.78, 5) is 40.8. The van der Waals surface area contributed by atoms with Crippen LogP contribution in [0.2, 0.25) is 0 Å². The van der Waals surface area contributed by atoms with Crippen LogP contribution in [0.1, 0.15) is 35.4 Å². The lowest BCUT2D eigenvalue weighted by Crippen LogP contribution is -2.43. The van der Waals surface area contributed by atoms with Gasteiger partial charge >= 0.3 is 0 Å². The summed E-state index contributed by atoms with van der Waals surface area (Å²) in [6.07, 6.45) is 2.46. The molecule has 0 aliphatic carbocycles. The normalized spacial score (nSPS) is 19.3. The zero-order valence-electron chi connectivity index (χ0n) is 15.2. The van der Waals surface area contributed by atoms with Crippen molar-refractivity contribution >= 4 is 40.4 Å². The van der Waals surface area contributed by atoms with Crippen LogP contribution in [-0.2, 0) is 9.59 Å². The Kier molecular flexibility index (Phi) is 5.13. The summed E-state index contributed by atoms with van der Waals surface area (Å²) in [6.45, 7) is 1.03. The second-order valence-corrected chi connectivity index (χ2v) is 7.89. The van der Waals surface area contributed by atoms with Crippen LogP contribution in [0.15, 0.2) is 35.7 Å². The number of rotatable bonds is 4. The average molecular weight is 401 g/mol. The Labute approximate surface area is 165 Å². The van der Waals surface area contributed by atoms with Gasteiger partial charge in [-0.1, -0.05) is 6.07 Å². The molecule has 0 bridgehead atoms. The van der Waals surface area contributed by atoms with Gasteiger partial charge in [0.25, 0.3) is 5.91 Å². The molecule has 3 heterocycles. The number of benzene rings is 1. The second kappa shape index (κ2) is 7.71. The minimum Gasteiger partial charge on any atom is -0.326 e. The van der Waals surface area contributed by atoms with Crippen LogP contribution in [0.4, 0.5) is 15.8 Å². The Morgan fingerprint density at radius 3 is 2.71 bits per heavy atom. The molecule has 6 nitrogen and oxygen atoms in total. The lowest BCUT2D eigenvalue weighted by atomic mass is 10.2.